The maximum absolute atomic E-state index is 10.8. The van der Waals surface area contributed by atoms with Crippen LogP contribution in [0.15, 0.2) is 18.2 Å². The molecule has 2 rings (SSSR count). The van der Waals surface area contributed by atoms with Crippen molar-refractivity contribution in [2.24, 2.45) is 0 Å². The van der Waals surface area contributed by atoms with Gasteiger partial charge in [-0.05, 0) is 18.2 Å². The van der Waals surface area contributed by atoms with Crippen molar-refractivity contribution >= 4 is 35.8 Å². The Kier molecular flexibility index (Phi) is 3.66. The first-order valence-electron chi connectivity index (χ1n) is 4.15. The third kappa shape index (κ3) is 2.46. The number of hydrogen-bond donors (Lipinski definition) is 2. The number of halogens is 2. The zero-order chi connectivity index (χ0) is 10.1. The van der Waals surface area contributed by atoms with Gasteiger partial charge in [0.2, 0.25) is 0 Å². The van der Waals surface area contributed by atoms with Crippen LogP contribution < -0.4 is 11.1 Å². The standard InChI is InChI=1S/C9H9ClN2O2.ClH/c10-5-1-2-7(11)6(3-5)8-4-14-9(13)12-8;/h1-3,8H,4,11H2,(H,12,13);1H/t8-;/m0./s1. The third-order valence-corrected chi connectivity index (χ3v) is 2.33. The van der Waals surface area contributed by atoms with E-state index in [1.807, 2.05) is 0 Å². The van der Waals surface area contributed by atoms with Gasteiger partial charge in [0.1, 0.15) is 6.61 Å². The molecule has 1 aliphatic heterocycles. The Hall–Kier alpha value is -1.13. The first-order valence-corrected chi connectivity index (χ1v) is 4.53. The first kappa shape index (κ1) is 11.9. The molecule has 0 radical (unpaired) electrons. The molecule has 1 fully saturated rings. The van der Waals surface area contributed by atoms with E-state index in [-0.39, 0.29) is 18.4 Å². The molecule has 0 bridgehead atoms. The number of benzene rings is 1. The highest BCUT2D eigenvalue weighted by molar-refractivity contribution is 6.30. The van der Waals surface area contributed by atoms with Crippen LogP contribution in [-0.4, -0.2) is 12.7 Å². The fraction of sp³-hybridized carbons (Fsp3) is 0.222. The van der Waals surface area contributed by atoms with E-state index in [2.05, 4.69) is 5.32 Å². The third-order valence-electron chi connectivity index (χ3n) is 2.10. The monoisotopic (exact) mass is 248 g/mol. The zero-order valence-electron chi connectivity index (χ0n) is 7.70. The van der Waals surface area contributed by atoms with Crippen LogP contribution in [0.2, 0.25) is 5.02 Å². The summed E-state index contributed by atoms with van der Waals surface area (Å²) in [6.07, 6.45) is -0.422. The SMILES string of the molecule is Cl.Nc1ccc(Cl)cc1[C@@H]1COC(=O)N1. The van der Waals surface area contributed by atoms with Gasteiger partial charge in [0, 0.05) is 16.3 Å². The van der Waals surface area contributed by atoms with Crippen LogP contribution in [0.1, 0.15) is 11.6 Å². The summed E-state index contributed by atoms with van der Waals surface area (Å²) in [6, 6.07) is 4.96. The lowest BCUT2D eigenvalue weighted by atomic mass is 10.1. The number of ether oxygens (including phenoxy) is 1. The molecule has 0 unspecified atom stereocenters. The van der Waals surface area contributed by atoms with Crippen molar-refractivity contribution in [3.63, 3.8) is 0 Å². The number of nitrogens with two attached hydrogens (primary N) is 1. The molecule has 15 heavy (non-hydrogen) atoms. The number of rotatable bonds is 1. The van der Waals surface area contributed by atoms with Gasteiger partial charge in [0.15, 0.2) is 0 Å². The Bertz CT molecular complexity index is 384. The van der Waals surface area contributed by atoms with Crippen molar-refractivity contribution in [2.75, 3.05) is 12.3 Å². The van der Waals surface area contributed by atoms with E-state index in [9.17, 15) is 4.79 Å². The summed E-state index contributed by atoms with van der Waals surface area (Å²) in [7, 11) is 0. The molecule has 1 amide bonds. The van der Waals surface area contributed by atoms with Crippen LogP contribution in [0.4, 0.5) is 10.5 Å². The summed E-state index contributed by atoms with van der Waals surface area (Å²) in [5, 5.41) is 3.23. The smallest absolute Gasteiger partial charge is 0.407 e. The second-order valence-corrected chi connectivity index (χ2v) is 3.51. The minimum Gasteiger partial charge on any atom is -0.447 e. The summed E-state index contributed by atoms with van der Waals surface area (Å²) in [5.41, 5.74) is 7.15. The molecule has 0 spiro atoms. The van der Waals surface area contributed by atoms with E-state index in [4.69, 9.17) is 22.1 Å². The molecule has 3 N–H and O–H groups in total. The van der Waals surface area contributed by atoms with Crippen molar-refractivity contribution in [3.8, 4) is 0 Å². The molecule has 0 saturated carbocycles. The molecule has 1 atom stereocenters. The van der Waals surface area contributed by atoms with Gasteiger partial charge in [-0.25, -0.2) is 4.79 Å². The number of nitrogen functional groups attached to an aromatic ring is 1. The molecule has 1 aromatic rings. The van der Waals surface area contributed by atoms with Gasteiger partial charge < -0.3 is 15.8 Å². The molecule has 0 aliphatic carbocycles. The second-order valence-electron chi connectivity index (χ2n) is 3.07. The Balaban J connectivity index is 0.00000112. The molecule has 6 heteroatoms. The van der Waals surface area contributed by atoms with Crippen molar-refractivity contribution in [1.82, 2.24) is 5.32 Å². The number of carbonyl (C=O) groups is 1. The van der Waals surface area contributed by atoms with Crippen LogP contribution >= 0.6 is 24.0 Å². The van der Waals surface area contributed by atoms with Gasteiger partial charge in [-0.2, -0.15) is 0 Å². The van der Waals surface area contributed by atoms with Crippen LogP contribution in [0, 0.1) is 0 Å². The van der Waals surface area contributed by atoms with E-state index < -0.39 is 6.09 Å². The first-order chi connectivity index (χ1) is 6.66. The van der Waals surface area contributed by atoms with Crippen molar-refractivity contribution in [1.29, 1.82) is 0 Å². The summed E-state index contributed by atoms with van der Waals surface area (Å²) >= 11 is 5.82. The molecule has 4 nitrogen and oxygen atoms in total. The molecule has 1 aromatic carbocycles. The van der Waals surface area contributed by atoms with Crippen LogP contribution in [0.5, 0.6) is 0 Å². The van der Waals surface area contributed by atoms with Crippen molar-refractivity contribution in [3.05, 3.63) is 28.8 Å². The highest BCUT2D eigenvalue weighted by Gasteiger charge is 2.25. The molecular weight excluding hydrogens is 239 g/mol. The average molecular weight is 249 g/mol. The van der Waals surface area contributed by atoms with Crippen LogP contribution in [0.3, 0.4) is 0 Å². The zero-order valence-corrected chi connectivity index (χ0v) is 9.27. The lowest BCUT2D eigenvalue weighted by molar-refractivity contribution is 0.177. The Morgan fingerprint density at radius 2 is 2.27 bits per heavy atom. The topological polar surface area (TPSA) is 64.3 Å². The van der Waals surface area contributed by atoms with Gasteiger partial charge >= 0.3 is 6.09 Å². The van der Waals surface area contributed by atoms with E-state index in [0.717, 1.165) is 5.56 Å². The number of anilines is 1. The molecule has 1 saturated heterocycles. The highest BCUT2D eigenvalue weighted by Crippen LogP contribution is 2.26. The van der Waals surface area contributed by atoms with Crippen LogP contribution in [-0.2, 0) is 4.74 Å². The number of nitrogens with one attached hydrogen (secondary N) is 1. The lowest BCUT2D eigenvalue weighted by Gasteiger charge is -2.10. The molecular formula is C9H10Cl2N2O2. The van der Waals surface area contributed by atoms with Gasteiger partial charge in [0.05, 0.1) is 6.04 Å². The quantitative estimate of drug-likeness (QED) is 0.749. The minimum atomic E-state index is -0.422. The van der Waals surface area contributed by atoms with Crippen molar-refractivity contribution in [2.45, 2.75) is 6.04 Å². The van der Waals surface area contributed by atoms with Crippen LogP contribution in [0.25, 0.3) is 0 Å². The maximum Gasteiger partial charge on any atom is 0.407 e. The second kappa shape index (κ2) is 4.59. The van der Waals surface area contributed by atoms with Gasteiger partial charge in [-0.1, -0.05) is 11.6 Å². The fourth-order valence-electron chi connectivity index (χ4n) is 1.40. The Morgan fingerprint density at radius 1 is 1.53 bits per heavy atom. The predicted octanol–water partition coefficient (Wildman–Crippen LogP) is 2.12. The Labute approximate surface area is 98.1 Å². The lowest BCUT2D eigenvalue weighted by Crippen LogP contribution is -2.19. The largest absolute Gasteiger partial charge is 0.447 e. The van der Waals surface area contributed by atoms with E-state index >= 15 is 0 Å². The number of cyclic esters (lactones) is 1. The summed E-state index contributed by atoms with van der Waals surface area (Å²) in [6.45, 7) is 0.295. The van der Waals surface area contributed by atoms with Gasteiger partial charge in [0.25, 0.3) is 0 Å². The summed E-state index contributed by atoms with van der Waals surface area (Å²) in [5.74, 6) is 0. The van der Waals surface area contributed by atoms with Crippen molar-refractivity contribution < 1.29 is 9.53 Å². The maximum atomic E-state index is 10.8. The number of amides is 1. The highest BCUT2D eigenvalue weighted by atomic mass is 35.5. The van der Waals surface area contributed by atoms with E-state index in [0.29, 0.717) is 17.3 Å². The summed E-state index contributed by atoms with van der Waals surface area (Å²) < 4.78 is 4.77. The summed E-state index contributed by atoms with van der Waals surface area (Å²) in [4.78, 5) is 10.8. The number of alkyl carbamates (subject to hydrolysis) is 1. The van der Waals surface area contributed by atoms with Gasteiger partial charge in [-0.3, -0.25) is 0 Å². The average Bonchev–Trinajstić information content (AvgIpc) is 2.56. The molecule has 0 aromatic heterocycles. The molecule has 1 heterocycles. The molecule has 1 aliphatic rings. The van der Waals surface area contributed by atoms with E-state index in [1.54, 1.807) is 18.2 Å². The number of hydrogen-bond acceptors (Lipinski definition) is 3. The number of carbonyl (C=O) groups excluding carboxylic acids is 1. The van der Waals surface area contributed by atoms with E-state index in [1.165, 1.54) is 0 Å². The Morgan fingerprint density at radius 3 is 2.87 bits per heavy atom. The predicted molar refractivity (Wildman–Crippen MR) is 60.3 cm³/mol. The van der Waals surface area contributed by atoms with Gasteiger partial charge in [-0.15, -0.1) is 12.4 Å². The minimum absolute atomic E-state index is 0. The molecule has 82 valence electrons. The fourth-order valence-corrected chi connectivity index (χ4v) is 1.58. The normalized spacial score (nSPS) is 19.0.